The van der Waals surface area contributed by atoms with Crippen molar-refractivity contribution in [2.24, 2.45) is 0 Å². The molecule has 0 aliphatic rings. The molecule has 124 valence electrons. The first-order valence-electron chi connectivity index (χ1n) is 7.73. The van der Waals surface area contributed by atoms with Crippen LogP contribution >= 0.6 is 0 Å². The van der Waals surface area contributed by atoms with E-state index in [1.807, 2.05) is 55.6 Å². The van der Waals surface area contributed by atoms with Crippen LogP contribution in [0.3, 0.4) is 0 Å². The molecule has 0 saturated heterocycles. The van der Waals surface area contributed by atoms with Gasteiger partial charge >= 0.3 is 0 Å². The molecule has 1 aromatic heterocycles. The minimum absolute atomic E-state index is 0.0613. The van der Waals surface area contributed by atoms with Gasteiger partial charge in [-0.15, -0.1) is 0 Å². The van der Waals surface area contributed by atoms with E-state index in [-0.39, 0.29) is 5.91 Å². The summed E-state index contributed by atoms with van der Waals surface area (Å²) in [4.78, 5) is 17.5. The largest absolute Gasteiger partial charge is 0.497 e. The smallest absolute Gasteiger partial charge is 0.279 e. The molecule has 0 saturated carbocycles. The molecule has 0 spiro atoms. The van der Waals surface area contributed by atoms with Crippen LogP contribution < -0.4 is 15.0 Å². The quantitative estimate of drug-likeness (QED) is 0.720. The lowest BCUT2D eigenvalue weighted by Gasteiger charge is -2.12. The molecule has 24 heavy (non-hydrogen) atoms. The number of ether oxygens (including phenoxy) is 1. The molecule has 3 aromatic rings. The van der Waals surface area contributed by atoms with Gasteiger partial charge in [0.2, 0.25) is 0 Å². The Balaban J connectivity index is 1.55. The Hall–Kier alpha value is -2.86. The number of benzene rings is 2. The van der Waals surface area contributed by atoms with Gasteiger partial charge in [-0.25, -0.2) is 4.98 Å². The average molecular weight is 326 g/mol. The van der Waals surface area contributed by atoms with Crippen LogP contribution in [0.15, 0.2) is 52.9 Å². The van der Waals surface area contributed by atoms with E-state index in [1.165, 1.54) is 0 Å². The third kappa shape index (κ3) is 3.91. The Morgan fingerprint density at radius 2 is 1.96 bits per heavy atom. The number of carbonyl (C=O) groups is 1. The van der Waals surface area contributed by atoms with Crippen molar-refractivity contribution in [1.29, 1.82) is 0 Å². The van der Waals surface area contributed by atoms with Crippen LogP contribution in [0.1, 0.15) is 5.89 Å². The van der Waals surface area contributed by atoms with Gasteiger partial charge in [-0.3, -0.25) is 4.79 Å². The molecule has 0 aliphatic heterocycles. The first-order valence-corrected chi connectivity index (χ1v) is 7.73. The van der Waals surface area contributed by atoms with Gasteiger partial charge in [0.1, 0.15) is 11.3 Å². The van der Waals surface area contributed by atoms with Crippen molar-refractivity contribution >= 4 is 22.7 Å². The number of nitrogens with one attached hydrogen (secondary N) is 2. The van der Waals surface area contributed by atoms with Gasteiger partial charge in [-0.05, 0) is 36.4 Å². The number of fused-ring (bicyclic) bond motifs is 1. The Bertz CT molecular complexity index is 794. The van der Waals surface area contributed by atoms with Crippen LogP contribution in [-0.4, -0.2) is 31.6 Å². The molecule has 0 fully saturated rings. The van der Waals surface area contributed by atoms with Gasteiger partial charge < -0.3 is 19.4 Å². The first kappa shape index (κ1) is 16.0. The van der Waals surface area contributed by atoms with Crippen LogP contribution in [0.2, 0.25) is 0 Å². The molecular formula is C18H20N3O3+. The first-order chi connectivity index (χ1) is 11.6. The van der Waals surface area contributed by atoms with Crippen LogP contribution in [-0.2, 0) is 11.3 Å². The average Bonchev–Trinajstić information content (AvgIpc) is 2.97. The van der Waals surface area contributed by atoms with E-state index in [0.717, 1.165) is 27.4 Å². The minimum atomic E-state index is -0.0613. The highest BCUT2D eigenvalue weighted by atomic mass is 16.5. The van der Waals surface area contributed by atoms with Crippen molar-refractivity contribution < 1.29 is 18.8 Å². The van der Waals surface area contributed by atoms with Gasteiger partial charge in [0.25, 0.3) is 11.8 Å². The highest BCUT2D eigenvalue weighted by Crippen LogP contribution is 2.15. The van der Waals surface area contributed by atoms with Crippen molar-refractivity contribution in [3.63, 3.8) is 0 Å². The maximum absolute atomic E-state index is 12.1. The van der Waals surface area contributed by atoms with E-state index in [1.54, 1.807) is 7.11 Å². The molecule has 0 bridgehead atoms. The third-order valence-electron chi connectivity index (χ3n) is 3.63. The minimum Gasteiger partial charge on any atom is -0.497 e. The predicted molar refractivity (Wildman–Crippen MR) is 91.1 cm³/mol. The lowest BCUT2D eigenvalue weighted by atomic mass is 10.3. The molecule has 6 nitrogen and oxygen atoms in total. The van der Waals surface area contributed by atoms with Crippen LogP contribution in [0.5, 0.6) is 5.75 Å². The summed E-state index contributed by atoms with van der Waals surface area (Å²) in [7, 11) is 3.54. The van der Waals surface area contributed by atoms with E-state index in [9.17, 15) is 4.79 Å². The topological polar surface area (TPSA) is 68.8 Å². The van der Waals surface area contributed by atoms with Crippen molar-refractivity contribution in [2.45, 2.75) is 6.54 Å². The summed E-state index contributed by atoms with van der Waals surface area (Å²) in [6.07, 6.45) is 0. The number of carbonyl (C=O) groups excluding carboxylic acids is 1. The molecule has 2 N–H and O–H groups in total. The van der Waals surface area contributed by atoms with Crippen molar-refractivity contribution in [3.8, 4) is 5.75 Å². The number of para-hydroxylation sites is 2. The summed E-state index contributed by atoms with van der Waals surface area (Å²) in [5, 5.41) is 2.87. The highest BCUT2D eigenvalue weighted by molar-refractivity contribution is 5.91. The van der Waals surface area contributed by atoms with Crippen molar-refractivity contribution in [1.82, 2.24) is 4.98 Å². The van der Waals surface area contributed by atoms with E-state index in [2.05, 4.69) is 10.3 Å². The van der Waals surface area contributed by atoms with Crippen LogP contribution in [0.25, 0.3) is 11.1 Å². The number of hydrogen-bond acceptors (Lipinski definition) is 4. The van der Waals surface area contributed by atoms with Gasteiger partial charge in [0.05, 0.1) is 14.2 Å². The summed E-state index contributed by atoms with van der Waals surface area (Å²) in [5.41, 5.74) is 2.35. The normalized spacial score (nSPS) is 12.1. The second kappa shape index (κ2) is 7.14. The number of amides is 1. The lowest BCUT2D eigenvalue weighted by molar-refractivity contribution is -0.886. The molecule has 0 aliphatic carbocycles. The summed E-state index contributed by atoms with van der Waals surface area (Å²) in [6, 6.07) is 14.9. The Morgan fingerprint density at radius 3 is 2.67 bits per heavy atom. The number of rotatable bonds is 6. The zero-order chi connectivity index (χ0) is 16.9. The molecule has 1 amide bonds. The molecule has 1 heterocycles. The molecular weight excluding hydrogens is 306 g/mol. The fourth-order valence-corrected chi connectivity index (χ4v) is 2.47. The highest BCUT2D eigenvalue weighted by Gasteiger charge is 2.14. The number of methoxy groups -OCH3 is 1. The second-order valence-corrected chi connectivity index (χ2v) is 5.66. The Morgan fingerprint density at radius 1 is 1.21 bits per heavy atom. The Labute approximate surface area is 140 Å². The summed E-state index contributed by atoms with van der Waals surface area (Å²) < 4.78 is 10.8. The summed E-state index contributed by atoms with van der Waals surface area (Å²) >= 11 is 0. The third-order valence-corrected chi connectivity index (χ3v) is 3.63. The monoisotopic (exact) mass is 326 g/mol. The molecule has 1 unspecified atom stereocenters. The Kier molecular flexibility index (Phi) is 4.77. The van der Waals surface area contributed by atoms with E-state index >= 15 is 0 Å². The zero-order valence-electron chi connectivity index (χ0n) is 13.7. The number of aromatic nitrogens is 1. The maximum Gasteiger partial charge on any atom is 0.279 e. The molecule has 6 heteroatoms. The van der Waals surface area contributed by atoms with Crippen LogP contribution in [0.4, 0.5) is 5.69 Å². The maximum atomic E-state index is 12.1. The van der Waals surface area contributed by atoms with Gasteiger partial charge in [-0.2, -0.15) is 0 Å². The second-order valence-electron chi connectivity index (χ2n) is 5.66. The van der Waals surface area contributed by atoms with E-state index < -0.39 is 0 Å². The van der Waals surface area contributed by atoms with Gasteiger partial charge in [0.15, 0.2) is 18.7 Å². The van der Waals surface area contributed by atoms with E-state index in [4.69, 9.17) is 9.15 Å². The van der Waals surface area contributed by atoms with E-state index in [0.29, 0.717) is 19.0 Å². The SMILES string of the molecule is COc1ccc(NC(=O)C[NH+](C)Cc2nc3ccccc3o2)cc1. The number of likely N-dealkylation sites (N-methyl/N-ethyl adjacent to an activating group) is 1. The van der Waals surface area contributed by atoms with Crippen LogP contribution in [0, 0.1) is 0 Å². The fraction of sp³-hybridized carbons (Fsp3) is 0.222. The van der Waals surface area contributed by atoms with Crippen molar-refractivity contribution in [3.05, 3.63) is 54.4 Å². The van der Waals surface area contributed by atoms with Crippen molar-refractivity contribution in [2.75, 3.05) is 26.0 Å². The molecule has 1 atom stereocenters. The zero-order valence-corrected chi connectivity index (χ0v) is 13.7. The molecule has 0 radical (unpaired) electrons. The standard InChI is InChI=1S/C18H19N3O3/c1-21(12-18-20-15-5-3-4-6-16(15)24-18)11-17(22)19-13-7-9-14(23-2)10-8-13/h3-10H,11-12H2,1-2H3,(H,19,22)/p+1. The fourth-order valence-electron chi connectivity index (χ4n) is 2.47. The number of nitrogens with zero attached hydrogens (tertiary/aromatic N) is 1. The number of quaternary nitrogens is 1. The number of anilines is 1. The van der Waals surface area contributed by atoms with Gasteiger partial charge in [-0.1, -0.05) is 12.1 Å². The lowest BCUT2D eigenvalue weighted by Crippen LogP contribution is -3.08. The predicted octanol–water partition coefficient (Wildman–Crippen LogP) is 1.49. The number of hydrogen-bond donors (Lipinski definition) is 2. The molecule has 3 rings (SSSR count). The molecule has 2 aromatic carbocycles. The summed E-state index contributed by atoms with van der Waals surface area (Å²) in [6.45, 7) is 0.871. The summed E-state index contributed by atoms with van der Waals surface area (Å²) in [5.74, 6) is 1.33. The number of oxazole rings is 1. The van der Waals surface area contributed by atoms with Gasteiger partial charge in [0, 0.05) is 5.69 Å².